The monoisotopic (exact) mass is 367 g/mol. The highest BCUT2D eigenvalue weighted by Crippen LogP contribution is 2.15. The van der Waals surface area contributed by atoms with Crippen LogP contribution in [-0.2, 0) is 20.9 Å². The number of anilines is 1. The molecule has 1 aliphatic heterocycles. The molecule has 2 N–H and O–H groups in total. The van der Waals surface area contributed by atoms with Gasteiger partial charge < -0.3 is 20.3 Å². The lowest BCUT2D eigenvalue weighted by molar-refractivity contribution is -0.145. The summed E-state index contributed by atoms with van der Waals surface area (Å²) in [5, 5.41) is 5.37. The Labute approximate surface area is 157 Å². The third-order valence-electron chi connectivity index (χ3n) is 4.21. The predicted octanol–water partition coefficient (Wildman–Crippen LogP) is 1.41. The van der Waals surface area contributed by atoms with Crippen LogP contribution in [0.25, 0.3) is 0 Å². The number of carbonyl (C=O) groups excluding carboxylic acids is 3. The van der Waals surface area contributed by atoms with Crippen molar-refractivity contribution in [3.05, 3.63) is 65.7 Å². The number of nitrogens with zero attached hydrogens (tertiary/aromatic N) is 1. The van der Waals surface area contributed by atoms with Crippen LogP contribution in [0.15, 0.2) is 54.6 Å². The molecule has 0 aromatic heterocycles. The Balaban J connectivity index is 1.65. The number of para-hydroxylation sites is 1. The molecule has 3 amide bonds. The van der Waals surface area contributed by atoms with Crippen molar-refractivity contribution in [2.45, 2.75) is 6.54 Å². The van der Waals surface area contributed by atoms with Crippen LogP contribution in [0.2, 0.25) is 0 Å². The molecule has 0 saturated carbocycles. The second-order valence-corrected chi connectivity index (χ2v) is 6.07. The molecule has 2 aromatic carbocycles. The summed E-state index contributed by atoms with van der Waals surface area (Å²) in [5.41, 5.74) is 1.57. The molecule has 0 unspecified atom stereocenters. The Kier molecular flexibility index (Phi) is 6.17. The summed E-state index contributed by atoms with van der Waals surface area (Å²) in [5.74, 6) is -1.72. The van der Waals surface area contributed by atoms with Gasteiger partial charge >= 0.3 is 11.8 Å². The Morgan fingerprint density at radius 2 is 1.59 bits per heavy atom. The van der Waals surface area contributed by atoms with Gasteiger partial charge in [0.25, 0.3) is 5.91 Å². The maximum absolute atomic E-state index is 12.5. The van der Waals surface area contributed by atoms with Crippen molar-refractivity contribution >= 4 is 23.4 Å². The van der Waals surface area contributed by atoms with Crippen molar-refractivity contribution in [3.63, 3.8) is 0 Å². The Bertz CT molecular complexity index is 817. The molecule has 7 heteroatoms. The van der Waals surface area contributed by atoms with E-state index >= 15 is 0 Å². The van der Waals surface area contributed by atoms with Crippen molar-refractivity contribution in [1.82, 2.24) is 10.2 Å². The molecule has 0 radical (unpaired) electrons. The second-order valence-electron chi connectivity index (χ2n) is 6.07. The van der Waals surface area contributed by atoms with E-state index in [1.807, 2.05) is 30.3 Å². The van der Waals surface area contributed by atoms with Crippen LogP contribution in [-0.4, -0.2) is 48.9 Å². The van der Waals surface area contributed by atoms with E-state index in [0.717, 1.165) is 5.56 Å². The number of amides is 3. The molecule has 0 atom stereocenters. The van der Waals surface area contributed by atoms with Gasteiger partial charge in [0.15, 0.2) is 0 Å². The van der Waals surface area contributed by atoms with Gasteiger partial charge in [0.05, 0.1) is 24.5 Å². The fourth-order valence-electron chi connectivity index (χ4n) is 2.75. The lowest BCUT2D eigenvalue weighted by Gasteiger charge is -2.26. The van der Waals surface area contributed by atoms with Gasteiger partial charge in [-0.15, -0.1) is 0 Å². The summed E-state index contributed by atoms with van der Waals surface area (Å²) in [7, 11) is 0. The molecule has 1 saturated heterocycles. The zero-order chi connectivity index (χ0) is 19.1. The van der Waals surface area contributed by atoms with E-state index in [9.17, 15) is 14.4 Å². The van der Waals surface area contributed by atoms with Crippen molar-refractivity contribution in [2.24, 2.45) is 0 Å². The number of hydrogen-bond acceptors (Lipinski definition) is 4. The molecule has 27 heavy (non-hydrogen) atoms. The zero-order valence-corrected chi connectivity index (χ0v) is 14.8. The maximum atomic E-state index is 12.5. The van der Waals surface area contributed by atoms with Gasteiger partial charge in [-0.3, -0.25) is 14.4 Å². The van der Waals surface area contributed by atoms with Crippen LogP contribution in [0.4, 0.5) is 5.69 Å². The standard InChI is InChI=1S/C20H21N3O4/c24-18(21-14-15-6-2-1-3-7-15)16-8-4-5-9-17(16)22-19(25)20(26)23-10-12-27-13-11-23/h1-9H,10-14H2,(H,21,24)(H,22,25). The first-order valence-electron chi connectivity index (χ1n) is 8.74. The van der Waals surface area contributed by atoms with E-state index in [0.29, 0.717) is 44.1 Å². The van der Waals surface area contributed by atoms with Crippen molar-refractivity contribution in [2.75, 3.05) is 31.6 Å². The average Bonchev–Trinajstić information content (AvgIpc) is 2.73. The van der Waals surface area contributed by atoms with E-state index in [2.05, 4.69) is 10.6 Å². The van der Waals surface area contributed by atoms with E-state index < -0.39 is 11.8 Å². The second kappa shape index (κ2) is 8.95. The minimum Gasteiger partial charge on any atom is -0.378 e. The highest BCUT2D eigenvalue weighted by molar-refractivity contribution is 6.39. The average molecular weight is 367 g/mol. The molecule has 140 valence electrons. The smallest absolute Gasteiger partial charge is 0.313 e. The first-order valence-corrected chi connectivity index (χ1v) is 8.74. The molecule has 1 fully saturated rings. The third kappa shape index (κ3) is 4.92. The number of nitrogens with one attached hydrogen (secondary N) is 2. The van der Waals surface area contributed by atoms with Crippen LogP contribution in [0, 0.1) is 0 Å². The first-order chi connectivity index (χ1) is 13.1. The highest BCUT2D eigenvalue weighted by atomic mass is 16.5. The van der Waals surface area contributed by atoms with E-state index in [1.54, 1.807) is 24.3 Å². The van der Waals surface area contributed by atoms with E-state index in [1.165, 1.54) is 4.90 Å². The number of hydrogen-bond donors (Lipinski definition) is 2. The van der Waals surface area contributed by atoms with Gasteiger partial charge in [0, 0.05) is 19.6 Å². The molecule has 2 aromatic rings. The molecule has 3 rings (SSSR count). The normalized spacial score (nSPS) is 13.7. The quantitative estimate of drug-likeness (QED) is 0.800. The minimum atomic E-state index is -0.764. The van der Waals surface area contributed by atoms with Gasteiger partial charge in [-0.2, -0.15) is 0 Å². The molecule has 0 spiro atoms. The van der Waals surface area contributed by atoms with Gasteiger partial charge in [0.2, 0.25) is 0 Å². The number of benzene rings is 2. The van der Waals surface area contributed by atoms with E-state index in [-0.39, 0.29) is 5.91 Å². The molecule has 1 aliphatic rings. The van der Waals surface area contributed by atoms with Crippen molar-refractivity contribution in [3.8, 4) is 0 Å². The SMILES string of the molecule is O=C(Nc1ccccc1C(=O)NCc1ccccc1)C(=O)N1CCOCC1. The number of morpholine rings is 1. The Hall–Kier alpha value is -3.19. The summed E-state index contributed by atoms with van der Waals surface area (Å²) in [6.45, 7) is 1.96. The van der Waals surface area contributed by atoms with Crippen LogP contribution in [0.5, 0.6) is 0 Å². The third-order valence-corrected chi connectivity index (χ3v) is 4.21. The zero-order valence-electron chi connectivity index (χ0n) is 14.8. The number of ether oxygens (including phenoxy) is 1. The van der Waals surface area contributed by atoms with E-state index in [4.69, 9.17) is 4.74 Å². The summed E-state index contributed by atoms with van der Waals surface area (Å²) in [4.78, 5) is 38.5. The highest BCUT2D eigenvalue weighted by Gasteiger charge is 2.24. The molecular formula is C20H21N3O4. The van der Waals surface area contributed by atoms with Crippen molar-refractivity contribution < 1.29 is 19.1 Å². The summed E-state index contributed by atoms with van der Waals surface area (Å²) in [6.07, 6.45) is 0. The summed E-state index contributed by atoms with van der Waals surface area (Å²) >= 11 is 0. The topological polar surface area (TPSA) is 87.7 Å². The van der Waals surface area contributed by atoms with Gasteiger partial charge in [0.1, 0.15) is 0 Å². The first kappa shape index (κ1) is 18.6. The van der Waals surface area contributed by atoms with Crippen LogP contribution >= 0.6 is 0 Å². The summed E-state index contributed by atoms with van der Waals surface area (Å²) in [6, 6.07) is 16.1. The van der Waals surface area contributed by atoms with Crippen LogP contribution in [0.1, 0.15) is 15.9 Å². The minimum absolute atomic E-state index is 0.301. The molecule has 0 bridgehead atoms. The lowest BCUT2D eigenvalue weighted by atomic mass is 10.1. The lowest BCUT2D eigenvalue weighted by Crippen LogP contribution is -2.46. The molecular weight excluding hydrogens is 346 g/mol. The largest absolute Gasteiger partial charge is 0.378 e. The maximum Gasteiger partial charge on any atom is 0.313 e. The molecule has 0 aliphatic carbocycles. The van der Waals surface area contributed by atoms with Crippen LogP contribution < -0.4 is 10.6 Å². The number of rotatable bonds is 4. The number of carbonyl (C=O) groups is 3. The fraction of sp³-hybridized carbons (Fsp3) is 0.250. The fourth-order valence-corrected chi connectivity index (χ4v) is 2.75. The Morgan fingerprint density at radius 3 is 2.33 bits per heavy atom. The predicted molar refractivity (Wildman–Crippen MR) is 100 cm³/mol. The molecule has 7 nitrogen and oxygen atoms in total. The Morgan fingerprint density at radius 1 is 0.926 bits per heavy atom. The van der Waals surface area contributed by atoms with Gasteiger partial charge in [-0.25, -0.2) is 0 Å². The van der Waals surface area contributed by atoms with Crippen LogP contribution in [0.3, 0.4) is 0 Å². The van der Waals surface area contributed by atoms with Crippen molar-refractivity contribution in [1.29, 1.82) is 0 Å². The molecule has 1 heterocycles. The van der Waals surface area contributed by atoms with Gasteiger partial charge in [-0.05, 0) is 17.7 Å². The summed E-state index contributed by atoms with van der Waals surface area (Å²) < 4.78 is 5.18. The van der Waals surface area contributed by atoms with Gasteiger partial charge in [-0.1, -0.05) is 42.5 Å².